The van der Waals surface area contributed by atoms with Crippen molar-refractivity contribution >= 4 is 0 Å². The van der Waals surface area contributed by atoms with Crippen molar-refractivity contribution in [1.82, 2.24) is 14.9 Å². The number of β-amino-alcohol motifs (C(OH)–C–C–N with tert-alkyl or cyclic N) is 1. The third kappa shape index (κ3) is 3.67. The Morgan fingerprint density at radius 2 is 2.15 bits per heavy atom. The monoisotopic (exact) mass is 289 g/mol. The average molecular weight is 289 g/mol. The molecule has 0 spiro atoms. The molecular weight excluding hydrogens is 271 g/mol. The van der Waals surface area contributed by atoms with Gasteiger partial charge in [-0.2, -0.15) is 13.2 Å². The zero-order valence-corrected chi connectivity index (χ0v) is 11.5. The number of aliphatic hydroxyl groups is 1. The van der Waals surface area contributed by atoms with Gasteiger partial charge in [-0.3, -0.25) is 4.90 Å². The number of alkyl halides is 3. The molecule has 1 N–H and O–H groups in total. The number of nitrogens with zero attached hydrogens (tertiary/aromatic N) is 3. The molecule has 0 saturated carbocycles. The highest BCUT2D eigenvalue weighted by molar-refractivity contribution is 5.17. The Bertz CT molecular complexity index is 488. The number of rotatable bonds is 2. The Morgan fingerprint density at radius 3 is 2.70 bits per heavy atom. The first kappa shape index (κ1) is 15.2. The zero-order chi connectivity index (χ0) is 15.0. The van der Waals surface area contributed by atoms with E-state index in [1.165, 1.54) is 6.20 Å². The van der Waals surface area contributed by atoms with E-state index in [0.29, 0.717) is 24.3 Å². The van der Waals surface area contributed by atoms with Gasteiger partial charge >= 0.3 is 6.18 Å². The molecular formula is C13H18F3N3O. The second-order valence-electron chi connectivity index (χ2n) is 5.61. The van der Waals surface area contributed by atoms with Crippen molar-refractivity contribution in [3.63, 3.8) is 0 Å². The van der Waals surface area contributed by atoms with Crippen LogP contribution in [0.15, 0.2) is 6.20 Å². The number of halogens is 3. The minimum Gasteiger partial charge on any atom is -0.389 e. The van der Waals surface area contributed by atoms with E-state index in [1.54, 1.807) is 13.8 Å². The minimum atomic E-state index is -4.52. The molecule has 1 aliphatic rings. The summed E-state index contributed by atoms with van der Waals surface area (Å²) in [6.45, 7) is 5.10. The van der Waals surface area contributed by atoms with Gasteiger partial charge in [0.2, 0.25) is 5.82 Å². The maximum absolute atomic E-state index is 12.5. The van der Waals surface area contributed by atoms with Gasteiger partial charge in [0.05, 0.1) is 5.60 Å². The number of hydrogen-bond donors (Lipinski definition) is 1. The highest BCUT2D eigenvalue weighted by atomic mass is 19.4. The Labute approximate surface area is 115 Å². The Kier molecular flexibility index (Phi) is 4.02. The highest BCUT2D eigenvalue weighted by Gasteiger charge is 2.35. The fourth-order valence-corrected chi connectivity index (χ4v) is 2.48. The van der Waals surface area contributed by atoms with Crippen LogP contribution in [0.3, 0.4) is 0 Å². The summed E-state index contributed by atoms with van der Waals surface area (Å²) in [5.74, 6) is -1.11. The molecule has 2 heterocycles. The number of aryl methyl sites for hydroxylation is 1. The van der Waals surface area contributed by atoms with E-state index in [4.69, 9.17) is 0 Å². The molecule has 0 aliphatic carbocycles. The lowest BCUT2D eigenvalue weighted by Gasteiger charge is -2.36. The maximum atomic E-state index is 12.5. The molecule has 7 heteroatoms. The van der Waals surface area contributed by atoms with Crippen LogP contribution in [0.1, 0.15) is 36.8 Å². The van der Waals surface area contributed by atoms with Crippen LogP contribution >= 0.6 is 0 Å². The fourth-order valence-electron chi connectivity index (χ4n) is 2.48. The summed E-state index contributed by atoms with van der Waals surface area (Å²) in [6.07, 6.45) is -1.67. The van der Waals surface area contributed by atoms with Gasteiger partial charge in [-0.25, -0.2) is 9.97 Å². The summed E-state index contributed by atoms with van der Waals surface area (Å²) < 4.78 is 37.5. The molecule has 20 heavy (non-hydrogen) atoms. The van der Waals surface area contributed by atoms with E-state index in [9.17, 15) is 18.3 Å². The third-order valence-corrected chi connectivity index (χ3v) is 3.48. The summed E-state index contributed by atoms with van der Waals surface area (Å²) in [7, 11) is 0. The second kappa shape index (κ2) is 5.29. The lowest BCUT2D eigenvalue weighted by atomic mass is 9.95. The SMILES string of the molecule is Cc1nc(C(F)(F)F)ncc1CN1CCC[C@@](C)(O)C1. The van der Waals surface area contributed by atoms with Crippen molar-refractivity contribution in [2.45, 2.75) is 45.0 Å². The van der Waals surface area contributed by atoms with Gasteiger partial charge in [-0.1, -0.05) is 0 Å². The molecule has 0 aromatic carbocycles. The van der Waals surface area contributed by atoms with Gasteiger partial charge in [0.15, 0.2) is 0 Å². The molecule has 1 fully saturated rings. The molecule has 1 atom stereocenters. The van der Waals surface area contributed by atoms with Gasteiger partial charge in [0, 0.05) is 30.5 Å². The summed E-state index contributed by atoms with van der Waals surface area (Å²) >= 11 is 0. The van der Waals surface area contributed by atoms with Crippen LogP contribution in [0.5, 0.6) is 0 Å². The van der Waals surface area contributed by atoms with Crippen LogP contribution in [-0.4, -0.2) is 38.7 Å². The van der Waals surface area contributed by atoms with Crippen molar-refractivity contribution in [2.75, 3.05) is 13.1 Å². The molecule has 0 amide bonds. The van der Waals surface area contributed by atoms with Crippen molar-refractivity contribution in [3.05, 3.63) is 23.3 Å². The van der Waals surface area contributed by atoms with Gasteiger partial charge in [0.25, 0.3) is 0 Å². The van der Waals surface area contributed by atoms with Crippen LogP contribution < -0.4 is 0 Å². The van der Waals surface area contributed by atoms with Crippen molar-refractivity contribution in [3.8, 4) is 0 Å². The van der Waals surface area contributed by atoms with E-state index in [2.05, 4.69) is 9.97 Å². The Morgan fingerprint density at radius 1 is 1.45 bits per heavy atom. The second-order valence-corrected chi connectivity index (χ2v) is 5.61. The number of likely N-dealkylation sites (tertiary alicyclic amines) is 1. The predicted molar refractivity (Wildman–Crippen MR) is 66.9 cm³/mol. The smallest absolute Gasteiger partial charge is 0.389 e. The molecule has 0 radical (unpaired) electrons. The molecule has 2 rings (SSSR count). The van der Waals surface area contributed by atoms with Crippen LogP contribution in [0.25, 0.3) is 0 Å². The molecule has 112 valence electrons. The quantitative estimate of drug-likeness (QED) is 0.906. The van der Waals surface area contributed by atoms with Crippen molar-refractivity contribution in [2.24, 2.45) is 0 Å². The molecule has 4 nitrogen and oxygen atoms in total. The first-order chi connectivity index (χ1) is 9.17. The van der Waals surface area contributed by atoms with Gasteiger partial charge in [0.1, 0.15) is 0 Å². The van der Waals surface area contributed by atoms with Gasteiger partial charge in [-0.15, -0.1) is 0 Å². The maximum Gasteiger partial charge on any atom is 0.451 e. The van der Waals surface area contributed by atoms with Crippen LogP contribution in [0, 0.1) is 6.92 Å². The largest absolute Gasteiger partial charge is 0.451 e. The standard InChI is InChI=1S/C13H18F3N3O/c1-9-10(6-17-11(18-9)13(14,15)16)7-19-5-3-4-12(2,20)8-19/h6,20H,3-5,7-8H2,1-2H3/t12-/m1/s1. The van der Waals surface area contributed by atoms with E-state index in [1.807, 2.05) is 4.90 Å². The normalized spacial score (nSPS) is 24.9. The van der Waals surface area contributed by atoms with Crippen molar-refractivity contribution < 1.29 is 18.3 Å². The summed E-state index contributed by atoms with van der Waals surface area (Å²) in [5.41, 5.74) is 0.257. The Hall–Kier alpha value is -1.21. The lowest BCUT2D eigenvalue weighted by molar-refractivity contribution is -0.145. The van der Waals surface area contributed by atoms with E-state index in [0.717, 1.165) is 19.4 Å². The van der Waals surface area contributed by atoms with Crippen molar-refractivity contribution in [1.29, 1.82) is 0 Å². The topological polar surface area (TPSA) is 49.2 Å². The lowest BCUT2D eigenvalue weighted by Crippen LogP contribution is -2.45. The number of piperidine rings is 1. The average Bonchev–Trinajstić information content (AvgIpc) is 2.29. The summed E-state index contributed by atoms with van der Waals surface area (Å²) in [4.78, 5) is 8.92. The first-order valence-electron chi connectivity index (χ1n) is 6.52. The van der Waals surface area contributed by atoms with E-state index in [-0.39, 0.29) is 0 Å². The van der Waals surface area contributed by atoms with Gasteiger partial charge in [-0.05, 0) is 33.2 Å². The van der Waals surface area contributed by atoms with Crippen LogP contribution in [0.2, 0.25) is 0 Å². The Balaban J connectivity index is 2.10. The van der Waals surface area contributed by atoms with E-state index >= 15 is 0 Å². The zero-order valence-electron chi connectivity index (χ0n) is 11.5. The predicted octanol–water partition coefficient (Wildman–Crippen LogP) is 2.15. The van der Waals surface area contributed by atoms with E-state index < -0.39 is 17.6 Å². The highest BCUT2D eigenvalue weighted by Crippen LogP contribution is 2.27. The number of hydrogen-bond acceptors (Lipinski definition) is 4. The molecule has 0 bridgehead atoms. The molecule has 0 unspecified atom stereocenters. The van der Waals surface area contributed by atoms with Crippen LogP contribution in [0.4, 0.5) is 13.2 Å². The summed E-state index contributed by atoms with van der Waals surface area (Å²) in [6, 6.07) is 0. The molecule has 1 aromatic heterocycles. The van der Waals surface area contributed by atoms with Crippen LogP contribution in [-0.2, 0) is 12.7 Å². The third-order valence-electron chi connectivity index (χ3n) is 3.48. The minimum absolute atomic E-state index is 0.331. The number of aromatic nitrogens is 2. The molecule has 1 aliphatic heterocycles. The summed E-state index contributed by atoms with van der Waals surface area (Å²) in [5, 5.41) is 10.0. The van der Waals surface area contributed by atoms with Gasteiger partial charge < -0.3 is 5.11 Å². The first-order valence-corrected chi connectivity index (χ1v) is 6.52. The fraction of sp³-hybridized carbons (Fsp3) is 0.692. The molecule has 1 aromatic rings. The molecule has 1 saturated heterocycles.